The molecule has 0 aliphatic heterocycles. The van der Waals surface area contributed by atoms with Crippen molar-refractivity contribution in [2.75, 3.05) is 5.32 Å². The Hall–Kier alpha value is -2.81. The standard InChI is InChI=1S/C18H21N5O/c1-12(14-8-7-13-5-3-4-6-15(13)9-14)20-18(24)21-17-16(10-19)11-23(2)22-17/h7-9,11-12H,3-6H2,1-2H3,(H2,20,21,22,24). The summed E-state index contributed by atoms with van der Waals surface area (Å²) in [5, 5.41) is 18.7. The van der Waals surface area contributed by atoms with E-state index in [9.17, 15) is 4.79 Å². The molecular formula is C18H21N5O. The lowest BCUT2D eigenvalue weighted by molar-refractivity contribution is 0.249. The fourth-order valence-electron chi connectivity index (χ4n) is 3.11. The number of rotatable bonds is 3. The summed E-state index contributed by atoms with van der Waals surface area (Å²) in [6.07, 6.45) is 6.32. The van der Waals surface area contributed by atoms with E-state index in [1.54, 1.807) is 13.2 Å². The van der Waals surface area contributed by atoms with Crippen LogP contribution < -0.4 is 10.6 Å². The van der Waals surface area contributed by atoms with Crippen LogP contribution >= 0.6 is 0 Å². The summed E-state index contributed by atoms with van der Waals surface area (Å²) in [5.74, 6) is 0.273. The van der Waals surface area contributed by atoms with Crippen LogP contribution in [0.25, 0.3) is 0 Å². The molecule has 1 aliphatic carbocycles. The lowest BCUT2D eigenvalue weighted by Crippen LogP contribution is -2.31. The number of amides is 2. The third-order valence-corrected chi connectivity index (χ3v) is 4.40. The Morgan fingerprint density at radius 1 is 1.33 bits per heavy atom. The Morgan fingerprint density at radius 3 is 2.83 bits per heavy atom. The van der Waals surface area contributed by atoms with Crippen molar-refractivity contribution in [3.8, 4) is 6.07 Å². The van der Waals surface area contributed by atoms with Crippen molar-refractivity contribution in [3.63, 3.8) is 0 Å². The molecule has 1 aliphatic rings. The highest BCUT2D eigenvalue weighted by Crippen LogP contribution is 2.24. The molecule has 1 aromatic carbocycles. The van der Waals surface area contributed by atoms with Gasteiger partial charge in [-0.15, -0.1) is 0 Å². The molecule has 1 aromatic heterocycles. The predicted octanol–water partition coefficient (Wildman–Crippen LogP) is 3.05. The normalized spacial score (nSPS) is 14.4. The lowest BCUT2D eigenvalue weighted by atomic mass is 9.89. The number of carbonyl (C=O) groups excluding carboxylic acids is 1. The summed E-state index contributed by atoms with van der Waals surface area (Å²) in [4.78, 5) is 12.2. The topological polar surface area (TPSA) is 82.7 Å². The molecule has 1 heterocycles. The van der Waals surface area contributed by atoms with Gasteiger partial charge in [-0.3, -0.25) is 10.00 Å². The smallest absolute Gasteiger partial charge is 0.320 e. The lowest BCUT2D eigenvalue weighted by Gasteiger charge is -2.20. The van der Waals surface area contributed by atoms with Crippen LogP contribution in [-0.2, 0) is 19.9 Å². The first kappa shape index (κ1) is 16.1. The van der Waals surface area contributed by atoms with E-state index in [0.29, 0.717) is 5.56 Å². The van der Waals surface area contributed by atoms with Crippen LogP contribution in [0.4, 0.5) is 10.6 Å². The number of anilines is 1. The molecule has 124 valence electrons. The highest BCUT2D eigenvalue weighted by atomic mass is 16.2. The summed E-state index contributed by atoms with van der Waals surface area (Å²) >= 11 is 0. The molecule has 0 bridgehead atoms. The van der Waals surface area contributed by atoms with Gasteiger partial charge in [0.2, 0.25) is 0 Å². The van der Waals surface area contributed by atoms with Crippen LogP contribution in [0.5, 0.6) is 0 Å². The molecular weight excluding hydrogens is 302 g/mol. The molecule has 3 rings (SSSR count). The number of hydrogen-bond donors (Lipinski definition) is 2. The van der Waals surface area contributed by atoms with E-state index >= 15 is 0 Å². The van der Waals surface area contributed by atoms with Crippen molar-refractivity contribution in [2.45, 2.75) is 38.6 Å². The second-order valence-corrected chi connectivity index (χ2v) is 6.23. The molecule has 1 atom stereocenters. The van der Waals surface area contributed by atoms with Crippen molar-refractivity contribution in [2.24, 2.45) is 7.05 Å². The molecule has 0 spiro atoms. The molecule has 2 amide bonds. The Labute approximate surface area is 141 Å². The third kappa shape index (κ3) is 3.40. The van der Waals surface area contributed by atoms with Gasteiger partial charge >= 0.3 is 6.03 Å². The van der Waals surface area contributed by atoms with Gasteiger partial charge in [0, 0.05) is 13.2 Å². The van der Waals surface area contributed by atoms with E-state index in [2.05, 4.69) is 33.9 Å². The molecule has 2 aromatic rings. The summed E-state index contributed by atoms with van der Waals surface area (Å²) in [7, 11) is 1.71. The van der Waals surface area contributed by atoms with Gasteiger partial charge in [0.15, 0.2) is 5.82 Å². The number of nitriles is 1. The van der Waals surface area contributed by atoms with Gasteiger partial charge in [-0.2, -0.15) is 10.4 Å². The molecule has 6 nitrogen and oxygen atoms in total. The number of nitrogens with zero attached hydrogens (tertiary/aromatic N) is 3. The minimum atomic E-state index is -0.365. The van der Waals surface area contributed by atoms with Gasteiger partial charge < -0.3 is 5.32 Å². The number of aryl methyl sites for hydroxylation is 3. The summed E-state index contributed by atoms with van der Waals surface area (Å²) < 4.78 is 1.50. The van der Waals surface area contributed by atoms with Crippen LogP contribution in [0.15, 0.2) is 24.4 Å². The van der Waals surface area contributed by atoms with E-state index in [1.165, 1.54) is 28.7 Å². The SMILES string of the molecule is CC(NC(=O)Nc1nn(C)cc1C#N)c1ccc2c(c1)CCCC2. The number of aromatic nitrogens is 2. The number of fused-ring (bicyclic) bond motifs is 1. The summed E-state index contributed by atoms with van der Waals surface area (Å²) in [6, 6.07) is 7.98. The highest BCUT2D eigenvalue weighted by molar-refractivity contribution is 5.89. The molecule has 0 fully saturated rings. The Morgan fingerprint density at radius 2 is 2.08 bits per heavy atom. The molecule has 0 radical (unpaired) electrons. The molecule has 24 heavy (non-hydrogen) atoms. The fourth-order valence-corrected chi connectivity index (χ4v) is 3.11. The van der Waals surface area contributed by atoms with Crippen molar-refractivity contribution in [1.82, 2.24) is 15.1 Å². The second-order valence-electron chi connectivity index (χ2n) is 6.23. The largest absolute Gasteiger partial charge is 0.331 e. The number of hydrogen-bond acceptors (Lipinski definition) is 3. The van der Waals surface area contributed by atoms with Crippen LogP contribution in [-0.4, -0.2) is 15.8 Å². The first-order valence-corrected chi connectivity index (χ1v) is 8.20. The average molecular weight is 323 g/mol. The molecule has 0 saturated heterocycles. The Balaban J connectivity index is 1.67. The van der Waals surface area contributed by atoms with E-state index in [0.717, 1.165) is 18.4 Å². The second kappa shape index (κ2) is 6.75. The number of urea groups is 1. The van der Waals surface area contributed by atoms with Crippen molar-refractivity contribution < 1.29 is 4.79 Å². The minimum Gasteiger partial charge on any atom is -0.331 e. The van der Waals surface area contributed by atoms with Crippen molar-refractivity contribution >= 4 is 11.8 Å². The first-order chi connectivity index (χ1) is 11.6. The van der Waals surface area contributed by atoms with Crippen LogP contribution in [0.1, 0.15) is 48.1 Å². The third-order valence-electron chi connectivity index (χ3n) is 4.40. The Bertz CT molecular complexity index is 802. The molecule has 6 heteroatoms. The van der Waals surface area contributed by atoms with Crippen LogP contribution in [0.2, 0.25) is 0 Å². The average Bonchev–Trinajstić information content (AvgIpc) is 2.93. The predicted molar refractivity (Wildman–Crippen MR) is 91.6 cm³/mol. The highest BCUT2D eigenvalue weighted by Gasteiger charge is 2.16. The van der Waals surface area contributed by atoms with Gasteiger partial charge in [-0.05, 0) is 49.3 Å². The Kier molecular flexibility index (Phi) is 4.52. The maximum Gasteiger partial charge on any atom is 0.320 e. The fraction of sp³-hybridized carbons (Fsp3) is 0.389. The zero-order chi connectivity index (χ0) is 17.1. The summed E-state index contributed by atoms with van der Waals surface area (Å²) in [5.41, 5.74) is 4.25. The van der Waals surface area contributed by atoms with E-state index in [-0.39, 0.29) is 17.9 Å². The molecule has 0 saturated carbocycles. The maximum absolute atomic E-state index is 12.2. The quantitative estimate of drug-likeness (QED) is 0.910. The zero-order valence-corrected chi connectivity index (χ0v) is 14.0. The number of benzene rings is 1. The number of nitrogens with one attached hydrogen (secondary N) is 2. The molecule has 1 unspecified atom stereocenters. The van der Waals surface area contributed by atoms with E-state index < -0.39 is 0 Å². The van der Waals surface area contributed by atoms with Gasteiger partial charge in [0.1, 0.15) is 11.6 Å². The first-order valence-electron chi connectivity index (χ1n) is 8.20. The van der Waals surface area contributed by atoms with Gasteiger partial charge in [-0.25, -0.2) is 4.79 Å². The monoisotopic (exact) mass is 323 g/mol. The van der Waals surface area contributed by atoms with E-state index in [4.69, 9.17) is 5.26 Å². The van der Waals surface area contributed by atoms with Gasteiger partial charge in [-0.1, -0.05) is 18.2 Å². The van der Waals surface area contributed by atoms with Crippen LogP contribution in [0.3, 0.4) is 0 Å². The van der Waals surface area contributed by atoms with Gasteiger partial charge in [0.05, 0.1) is 6.04 Å². The van der Waals surface area contributed by atoms with Crippen molar-refractivity contribution in [1.29, 1.82) is 5.26 Å². The van der Waals surface area contributed by atoms with Crippen molar-refractivity contribution in [3.05, 3.63) is 46.6 Å². The maximum atomic E-state index is 12.2. The van der Waals surface area contributed by atoms with Gasteiger partial charge in [0.25, 0.3) is 0 Å². The summed E-state index contributed by atoms with van der Waals surface area (Å²) in [6.45, 7) is 1.95. The van der Waals surface area contributed by atoms with E-state index in [1.807, 2.05) is 13.0 Å². The molecule has 2 N–H and O–H groups in total. The van der Waals surface area contributed by atoms with Crippen LogP contribution in [0, 0.1) is 11.3 Å². The zero-order valence-electron chi connectivity index (χ0n) is 14.0. The minimum absolute atomic E-state index is 0.119. The number of carbonyl (C=O) groups is 1.